The smallest absolute Gasteiger partial charge is 0.306 e. The molecule has 0 N–H and O–H groups in total. The third kappa shape index (κ3) is 45.5. The predicted molar refractivity (Wildman–Crippen MR) is 251 cm³/mol. The Morgan fingerprint density at radius 2 is 0.746 bits per heavy atom. The van der Waals surface area contributed by atoms with Crippen LogP contribution in [0.2, 0.25) is 0 Å². The van der Waals surface area contributed by atoms with E-state index in [2.05, 4.69) is 69.4 Å². The van der Waals surface area contributed by atoms with Crippen molar-refractivity contribution in [1.29, 1.82) is 0 Å². The van der Waals surface area contributed by atoms with Crippen LogP contribution in [0.5, 0.6) is 0 Å². The van der Waals surface area contributed by atoms with Gasteiger partial charge in [0.1, 0.15) is 13.2 Å². The third-order valence-corrected chi connectivity index (χ3v) is 9.99. The quantitative estimate of drug-likeness (QED) is 0.0201. The van der Waals surface area contributed by atoms with E-state index in [0.29, 0.717) is 19.3 Å². The maximum Gasteiger partial charge on any atom is 0.306 e. The van der Waals surface area contributed by atoms with Gasteiger partial charge in [-0.25, -0.2) is 0 Å². The van der Waals surface area contributed by atoms with E-state index in [1.165, 1.54) is 70.6 Å². The standard InChI is InChI=1S/C53H88O6/c1-4-7-10-13-16-19-22-25-28-31-34-37-40-43-46-52(55)58-49-50(48-57-51(54)45-42-39-36-33-30-27-24-21-18-15-12-9-6-3)59-53(56)47-44-41-38-35-32-29-26-23-20-17-14-11-8-5-2/h7,9-10,12,15-16,18-19,21,24-25,27-28,30,50H,4-6,8,11,13-14,17,20,22-23,26,29,31-49H2,1-3H3/b10-7-,12-9-,18-15-,19-16-,24-21-,28-25-,30-27-. The molecule has 0 saturated heterocycles. The molecular weight excluding hydrogens is 733 g/mol. The lowest BCUT2D eigenvalue weighted by molar-refractivity contribution is -0.167. The van der Waals surface area contributed by atoms with E-state index in [1.54, 1.807) is 0 Å². The Morgan fingerprint density at radius 3 is 1.25 bits per heavy atom. The van der Waals surface area contributed by atoms with E-state index in [9.17, 15) is 14.4 Å². The van der Waals surface area contributed by atoms with Gasteiger partial charge >= 0.3 is 17.9 Å². The van der Waals surface area contributed by atoms with Crippen LogP contribution in [0.25, 0.3) is 0 Å². The van der Waals surface area contributed by atoms with Crippen LogP contribution in [-0.4, -0.2) is 37.2 Å². The predicted octanol–water partition coefficient (Wildman–Crippen LogP) is 15.6. The molecule has 0 aromatic rings. The van der Waals surface area contributed by atoms with Crippen molar-refractivity contribution in [1.82, 2.24) is 0 Å². The first-order valence-electron chi connectivity index (χ1n) is 24.1. The first-order valence-corrected chi connectivity index (χ1v) is 24.1. The zero-order valence-electron chi connectivity index (χ0n) is 38.2. The molecule has 0 spiro atoms. The van der Waals surface area contributed by atoms with Gasteiger partial charge in [-0.2, -0.15) is 0 Å². The van der Waals surface area contributed by atoms with Crippen LogP contribution >= 0.6 is 0 Å². The maximum absolute atomic E-state index is 12.8. The summed E-state index contributed by atoms with van der Waals surface area (Å²) in [5.41, 5.74) is 0. The minimum Gasteiger partial charge on any atom is -0.462 e. The van der Waals surface area contributed by atoms with Gasteiger partial charge in [-0.1, -0.05) is 209 Å². The van der Waals surface area contributed by atoms with Crippen molar-refractivity contribution in [2.45, 2.75) is 219 Å². The minimum atomic E-state index is -0.799. The van der Waals surface area contributed by atoms with E-state index >= 15 is 0 Å². The van der Waals surface area contributed by atoms with E-state index in [0.717, 1.165) is 103 Å². The van der Waals surface area contributed by atoms with Crippen molar-refractivity contribution in [3.05, 3.63) is 85.1 Å². The molecule has 1 atom stereocenters. The summed E-state index contributed by atoms with van der Waals surface area (Å²) in [6.07, 6.45) is 59.9. The molecule has 336 valence electrons. The number of rotatable bonds is 42. The first-order chi connectivity index (χ1) is 29.0. The zero-order chi connectivity index (χ0) is 43.0. The normalized spacial score (nSPS) is 12.8. The molecule has 0 bridgehead atoms. The Morgan fingerprint density at radius 1 is 0.373 bits per heavy atom. The summed E-state index contributed by atoms with van der Waals surface area (Å²) in [6, 6.07) is 0. The summed E-state index contributed by atoms with van der Waals surface area (Å²) in [7, 11) is 0. The van der Waals surface area contributed by atoms with Gasteiger partial charge in [0.05, 0.1) is 0 Å². The number of allylic oxidation sites excluding steroid dienone is 14. The maximum atomic E-state index is 12.8. The molecule has 6 nitrogen and oxygen atoms in total. The van der Waals surface area contributed by atoms with Crippen LogP contribution in [0.1, 0.15) is 213 Å². The molecular formula is C53H88O6. The number of hydrogen-bond acceptors (Lipinski definition) is 6. The summed E-state index contributed by atoms with van der Waals surface area (Å²) in [6.45, 7) is 6.32. The molecule has 0 aliphatic rings. The number of carbonyl (C=O) groups is 3. The third-order valence-electron chi connectivity index (χ3n) is 9.99. The number of esters is 3. The molecule has 0 aromatic heterocycles. The van der Waals surface area contributed by atoms with E-state index in [-0.39, 0.29) is 31.1 Å². The Hall–Kier alpha value is -3.41. The zero-order valence-corrected chi connectivity index (χ0v) is 38.2. The van der Waals surface area contributed by atoms with Gasteiger partial charge in [0.2, 0.25) is 0 Å². The Bertz CT molecular complexity index is 1170. The highest BCUT2D eigenvalue weighted by Gasteiger charge is 2.19. The SMILES string of the molecule is CC\C=C/C=C\C=C/C=C\CCCCCC(=O)OCC(COC(=O)CCCCCC/C=C\C/C=C\C/C=C\CC)OC(=O)CCCCCCCCCCCCCCCC. The fourth-order valence-corrected chi connectivity index (χ4v) is 6.41. The number of carbonyl (C=O) groups excluding carboxylic acids is 3. The van der Waals surface area contributed by atoms with Crippen LogP contribution in [0, 0.1) is 0 Å². The van der Waals surface area contributed by atoms with Gasteiger partial charge in [-0.15, -0.1) is 0 Å². The fourth-order valence-electron chi connectivity index (χ4n) is 6.41. The molecule has 0 aliphatic carbocycles. The second-order valence-electron chi connectivity index (χ2n) is 15.7. The van der Waals surface area contributed by atoms with Gasteiger partial charge in [0.15, 0.2) is 6.10 Å². The van der Waals surface area contributed by atoms with Gasteiger partial charge in [0, 0.05) is 19.3 Å². The minimum absolute atomic E-state index is 0.100. The van der Waals surface area contributed by atoms with Crippen molar-refractivity contribution in [3.63, 3.8) is 0 Å². The Balaban J connectivity index is 4.48. The second-order valence-corrected chi connectivity index (χ2v) is 15.7. The van der Waals surface area contributed by atoms with Crippen molar-refractivity contribution < 1.29 is 28.6 Å². The first kappa shape index (κ1) is 55.6. The number of hydrogen-bond donors (Lipinski definition) is 0. The fraction of sp³-hybridized carbons (Fsp3) is 0.679. The molecule has 6 heteroatoms. The summed E-state index contributed by atoms with van der Waals surface area (Å²) < 4.78 is 16.7. The molecule has 59 heavy (non-hydrogen) atoms. The van der Waals surface area contributed by atoms with Crippen molar-refractivity contribution in [2.24, 2.45) is 0 Å². The van der Waals surface area contributed by atoms with Crippen LogP contribution in [0.4, 0.5) is 0 Å². The Labute approximate surface area is 363 Å². The van der Waals surface area contributed by atoms with Gasteiger partial charge in [0.25, 0.3) is 0 Å². The molecule has 0 fully saturated rings. The molecule has 1 unspecified atom stereocenters. The van der Waals surface area contributed by atoms with Crippen LogP contribution < -0.4 is 0 Å². The molecule has 0 radical (unpaired) electrons. The van der Waals surface area contributed by atoms with E-state index in [1.807, 2.05) is 36.5 Å². The van der Waals surface area contributed by atoms with E-state index in [4.69, 9.17) is 14.2 Å². The Kier molecular flexibility index (Phi) is 44.5. The van der Waals surface area contributed by atoms with Crippen molar-refractivity contribution in [3.8, 4) is 0 Å². The van der Waals surface area contributed by atoms with Crippen LogP contribution in [-0.2, 0) is 28.6 Å². The lowest BCUT2D eigenvalue weighted by Crippen LogP contribution is -2.30. The molecule has 0 saturated carbocycles. The average molecular weight is 821 g/mol. The molecule has 0 aromatic carbocycles. The molecule has 0 amide bonds. The van der Waals surface area contributed by atoms with Gasteiger partial charge in [-0.3, -0.25) is 14.4 Å². The van der Waals surface area contributed by atoms with Gasteiger partial charge in [-0.05, 0) is 70.6 Å². The summed E-state index contributed by atoms with van der Waals surface area (Å²) in [4.78, 5) is 37.8. The molecule has 0 heterocycles. The largest absolute Gasteiger partial charge is 0.462 e. The monoisotopic (exact) mass is 821 g/mol. The summed E-state index contributed by atoms with van der Waals surface area (Å²) in [5.74, 6) is -0.963. The summed E-state index contributed by atoms with van der Waals surface area (Å²) in [5, 5.41) is 0. The number of unbranched alkanes of at least 4 members (excludes halogenated alkanes) is 20. The van der Waals surface area contributed by atoms with Crippen molar-refractivity contribution >= 4 is 17.9 Å². The van der Waals surface area contributed by atoms with Gasteiger partial charge < -0.3 is 14.2 Å². The lowest BCUT2D eigenvalue weighted by Gasteiger charge is -2.18. The van der Waals surface area contributed by atoms with E-state index < -0.39 is 6.10 Å². The highest BCUT2D eigenvalue weighted by atomic mass is 16.6. The second kappa shape index (κ2) is 47.3. The molecule has 0 rings (SSSR count). The summed E-state index contributed by atoms with van der Waals surface area (Å²) >= 11 is 0. The molecule has 0 aliphatic heterocycles. The highest BCUT2D eigenvalue weighted by molar-refractivity contribution is 5.71. The van der Waals surface area contributed by atoms with Crippen LogP contribution in [0.15, 0.2) is 85.1 Å². The lowest BCUT2D eigenvalue weighted by atomic mass is 10.0. The average Bonchev–Trinajstić information content (AvgIpc) is 3.23. The highest BCUT2D eigenvalue weighted by Crippen LogP contribution is 2.15. The van der Waals surface area contributed by atoms with Crippen LogP contribution in [0.3, 0.4) is 0 Å². The number of ether oxygens (including phenoxy) is 3. The topological polar surface area (TPSA) is 78.9 Å². The van der Waals surface area contributed by atoms with Crippen molar-refractivity contribution in [2.75, 3.05) is 13.2 Å².